The van der Waals surface area contributed by atoms with Crippen molar-refractivity contribution in [2.75, 3.05) is 11.5 Å². The fourth-order valence-corrected chi connectivity index (χ4v) is 8.67. The molecule has 7 nitrogen and oxygen atoms in total. The summed E-state index contributed by atoms with van der Waals surface area (Å²) in [4.78, 5) is 12.0. The van der Waals surface area contributed by atoms with E-state index in [0.29, 0.717) is 11.4 Å². The summed E-state index contributed by atoms with van der Waals surface area (Å²) in [5.74, 6) is 0.805. The van der Waals surface area contributed by atoms with Crippen molar-refractivity contribution in [3.63, 3.8) is 0 Å². The molecule has 0 amide bonds. The molecular formula is C39H27N7S2. The molecule has 230 valence electrons. The first-order valence-electron chi connectivity index (χ1n) is 15.5. The van der Waals surface area contributed by atoms with Crippen LogP contribution in [0.5, 0.6) is 0 Å². The highest BCUT2D eigenvalue weighted by molar-refractivity contribution is 7.97. The Morgan fingerprint density at radius 2 is 1.42 bits per heavy atom. The van der Waals surface area contributed by atoms with Crippen LogP contribution in [-0.4, -0.2) is 18.9 Å². The monoisotopic (exact) mass is 657 g/mol. The molecule has 10 aromatic rings. The third kappa shape index (κ3) is 3.30. The van der Waals surface area contributed by atoms with Crippen molar-refractivity contribution in [1.82, 2.24) is 18.9 Å². The van der Waals surface area contributed by atoms with Crippen molar-refractivity contribution >= 4 is 130 Å². The Labute approximate surface area is 283 Å². The molecule has 0 saturated heterocycles. The fraction of sp³-hybridized carbons (Fsp3) is 0.0256. The molecule has 7 aromatic carbocycles. The van der Waals surface area contributed by atoms with Gasteiger partial charge in [0.25, 0.3) is 0 Å². The van der Waals surface area contributed by atoms with Gasteiger partial charge in [0.15, 0.2) is 0 Å². The highest BCUT2D eigenvalue weighted by Gasteiger charge is 2.25. The predicted octanol–water partition coefficient (Wildman–Crippen LogP) is 8.67. The van der Waals surface area contributed by atoms with Gasteiger partial charge in [-0.1, -0.05) is 25.3 Å². The summed E-state index contributed by atoms with van der Waals surface area (Å²) in [6.07, 6.45) is 1.81. The lowest BCUT2D eigenvalue weighted by Gasteiger charge is -2.22. The topological polar surface area (TPSA) is 113 Å². The van der Waals surface area contributed by atoms with E-state index < -0.39 is 0 Å². The van der Waals surface area contributed by atoms with Crippen LogP contribution in [0, 0.1) is 6.92 Å². The van der Waals surface area contributed by atoms with Gasteiger partial charge < -0.3 is 11.5 Å². The van der Waals surface area contributed by atoms with Crippen LogP contribution in [0.4, 0.5) is 11.4 Å². The van der Waals surface area contributed by atoms with Gasteiger partial charge in [0, 0.05) is 76.0 Å². The Morgan fingerprint density at radius 1 is 0.729 bits per heavy atom. The maximum absolute atomic E-state index is 7.08. The number of nitrogens with zero attached hydrogens (tertiary/aromatic N) is 4. The van der Waals surface area contributed by atoms with Gasteiger partial charge in [-0.25, -0.2) is 9.97 Å². The van der Waals surface area contributed by atoms with Crippen molar-refractivity contribution in [2.45, 2.75) is 16.7 Å². The quantitative estimate of drug-likeness (QED) is 0.0497. The zero-order valence-electron chi connectivity index (χ0n) is 25.8. The third-order valence-electron chi connectivity index (χ3n) is 10.0. The lowest BCUT2D eigenvalue weighted by atomic mass is 9.84. The second kappa shape index (κ2) is 9.32. The van der Waals surface area contributed by atoms with Gasteiger partial charge >= 0.3 is 0 Å². The van der Waals surface area contributed by atoms with Crippen molar-refractivity contribution < 1.29 is 0 Å². The number of thiol groups is 1. The van der Waals surface area contributed by atoms with Crippen molar-refractivity contribution in [3.05, 3.63) is 90.3 Å². The number of hydrogen-bond donors (Lipinski definition) is 4. The summed E-state index contributed by atoms with van der Waals surface area (Å²) in [5, 5.41) is 17.1. The molecule has 0 aliphatic rings. The lowest BCUT2D eigenvalue weighted by molar-refractivity contribution is 1.19. The maximum Gasteiger partial charge on any atom is 0.146 e. The normalized spacial score (nSPS) is 12.5. The fourth-order valence-electron chi connectivity index (χ4n) is 8.15. The predicted molar refractivity (Wildman–Crippen MR) is 208 cm³/mol. The van der Waals surface area contributed by atoms with Crippen LogP contribution in [0.25, 0.3) is 106 Å². The number of fused-ring (bicyclic) bond motifs is 7. The lowest BCUT2D eigenvalue weighted by Crippen LogP contribution is -2.13. The largest absolute Gasteiger partial charge is 0.398 e. The standard InChI is InChI=1S/C39H27N7S2/c1-4-45-30-11-5-19(47)14-28(30)43-38(45)23-9-7-21-35-27(41)16-25-18(3)46-31-12-6-20(48-42)15-29(31)44-39(46)24-10-8-22(37(35)33(24)25)34-26(40)13-17(2)32(23)36(21)34/h4-16,47H,1,3,40-42H2,2H3. The Bertz CT molecular complexity index is 3140. The first-order chi connectivity index (χ1) is 23.3. The van der Waals surface area contributed by atoms with E-state index in [9.17, 15) is 0 Å². The maximum atomic E-state index is 7.08. The van der Waals surface area contributed by atoms with Crippen LogP contribution >= 0.6 is 24.6 Å². The molecule has 9 heteroatoms. The number of nitrogens with two attached hydrogens (primary N) is 3. The molecule has 0 radical (unpaired) electrons. The van der Waals surface area contributed by atoms with E-state index in [1.165, 1.54) is 11.9 Å². The van der Waals surface area contributed by atoms with Crippen LogP contribution in [0.2, 0.25) is 0 Å². The van der Waals surface area contributed by atoms with Crippen molar-refractivity contribution in [2.24, 2.45) is 5.14 Å². The highest BCUT2D eigenvalue weighted by atomic mass is 32.2. The molecule has 0 aliphatic carbocycles. The minimum absolute atomic E-state index is 0.686. The van der Waals surface area contributed by atoms with Crippen LogP contribution < -0.4 is 22.0 Å². The van der Waals surface area contributed by atoms with Gasteiger partial charge in [-0.2, -0.15) is 0 Å². The molecule has 48 heavy (non-hydrogen) atoms. The molecule has 0 unspecified atom stereocenters. The average Bonchev–Trinajstić information content (AvgIpc) is 3.65. The number of aryl methyl sites for hydroxylation is 1. The van der Waals surface area contributed by atoms with Crippen LogP contribution in [-0.2, 0) is 0 Å². The minimum atomic E-state index is 0.686. The van der Waals surface area contributed by atoms with Crippen molar-refractivity contribution in [3.8, 4) is 11.4 Å². The molecule has 6 N–H and O–H groups in total. The second-order valence-corrected chi connectivity index (χ2v) is 13.7. The smallest absolute Gasteiger partial charge is 0.146 e. The Kier molecular flexibility index (Phi) is 5.36. The average molecular weight is 658 g/mol. The molecule has 3 heterocycles. The Morgan fingerprint density at radius 3 is 2.19 bits per heavy atom. The van der Waals surface area contributed by atoms with E-state index >= 15 is 0 Å². The van der Waals surface area contributed by atoms with Gasteiger partial charge in [0.1, 0.15) is 11.5 Å². The van der Waals surface area contributed by atoms with E-state index in [1.807, 2.05) is 41.1 Å². The summed E-state index contributed by atoms with van der Waals surface area (Å²) < 4.78 is 4.17. The van der Waals surface area contributed by atoms with E-state index in [1.54, 1.807) is 0 Å². The summed E-state index contributed by atoms with van der Waals surface area (Å²) in [7, 11) is 0. The molecule has 0 saturated carbocycles. The molecular weight excluding hydrogens is 631 g/mol. The van der Waals surface area contributed by atoms with Gasteiger partial charge in [-0.3, -0.25) is 14.1 Å². The zero-order chi connectivity index (χ0) is 32.7. The number of anilines is 2. The van der Waals surface area contributed by atoms with Crippen LogP contribution in [0.3, 0.4) is 0 Å². The molecule has 0 bridgehead atoms. The van der Waals surface area contributed by atoms with E-state index in [4.69, 9.17) is 26.6 Å². The zero-order valence-corrected chi connectivity index (χ0v) is 27.5. The molecule has 0 aliphatic heterocycles. The molecule has 0 atom stereocenters. The molecule has 10 rings (SSSR count). The van der Waals surface area contributed by atoms with Gasteiger partial charge in [-0.05, 0) is 101 Å². The van der Waals surface area contributed by atoms with E-state index in [-0.39, 0.29) is 0 Å². The SMILES string of the molecule is C=Cn1c(-c2ccc3c4c(N)cc5c(=C)n6c7ccc(SN)cc7nc6c6ccc(c7c(N)cc(C)c2c37)c4c56)nc2cc(S)ccc21. The highest BCUT2D eigenvalue weighted by Crippen LogP contribution is 2.49. The summed E-state index contributed by atoms with van der Waals surface area (Å²) in [6, 6.07) is 24.9. The Balaban J connectivity index is 1.41. The van der Waals surface area contributed by atoms with Crippen LogP contribution in [0.1, 0.15) is 5.56 Å². The van der Waals surface area contributed by atoms with Gasteiger partial charge in [-0.15, -0.1) is 12.6 Å². The number of rotatable bonds is 3. The number of nitrogen functional groups attached to an aromatic ring is 2. The molecule has 0 spiro atoms. The number of imidazole rings is 2. The molecule has 0 fully saturated rings. The summed E-state index contributed by atoms with van der Waals surface area (Å²) in [6.45, 7) is 10.8. The van der Waals surface area contributed by atoms with Gasteiger partial charge in [0.05, 0.1) is 22.1 Å². The van der Waals surface area contributed by atoms with Crippen LogP contribution in [0.15, 0.2) is 89.2 Å². The van der Waals surface area contributed by atoms with E-state index in [0.717, 1.165) is 114 Å². The minimum Gasteiger partial charge on any atom is -0.398 e. The third-order valence-corrected chi connectivity index (χ3v) is 10.8. The van der Waals surface area contributed by atoms with Gasteiger partial charge in [0.2, 0.25) is 0 Å². The number of aromatic nitrogens is 4. The summed E-state index contributed by atoms with van der Waals surface area (Å²) >= 11 is 5.78. The first kappa shape index (κ1) is 27.6. The number of hydrogen-bond acceptors (Lipinski definition) is 7. The molecule has 3 aromatic heterocycles. The number of pyridine rings is 1. The van der Waals surface area contributed by atoms with Crippen molar-refractivity contribution in [1.29, 1.82) is 0 Å². The number of benzene rings is 7. The summed E-state index contributed by atoms with van der Waals surface area (Å²) in [5.41, 5.74) is 22.0. The first-order valence-corrected chi connectivity index (χ1v) is 16.8. The Hall–Kier alpha value is -5.48. The second-order valence-electron chi connectivity index (χ2n) is 12.5. The van der Waals surface area contributed by atoms with E-state index in [2.05, 4.69) is 79.6 Å².